The van der Waals surface area contributed by atoms with Crippen LogP contribution in [0.5, 0.6) is 0 Å². The molecule has 5 nitrogen and oxygen atoms in total. The standard InChI is InChI=1S/C42H62N2O3/c1-4-6-8-10-12-16-28-44(29-17-13-11-9-7-5-2)31-40-33(3)41(36-22-20-34(32-45)21-23-36)47-42(46-40)37-26-24-35(25-27-37)39-19-15-14-18-38(39)30-43/h14-15,18-27,33,40-42,45H,4-13,16-17,28-32,43H2,1-3H3/t33-,40+,41+,42+/m0/s1. The summed E-state index contributed by atoms with van der Waals surface area (Å²) in [4.78, 5) is 2.68. The maximum Gasteiger partial charge on any atom is 0.184 e. The summed E-state index contributed by atoms with van der Waals surface area (Å²) in [5.41, 5.74) is 12.6. The number of rotatable bonds is 21. The van der Waals surface area contributed by atoms with Crippen LogP contribution in [-0.2, 0) is 22.6 Å². The fourth-order valence-corrected chi connectivity index (χ4v) is 6.91. The van der Waals surface area contributed by atoms with Gasteiger partial charge >= 0.3 is 0 Å². The third-order valence-electron chi connectivity index (χ3n) is 9.95. The van der Waals surface area contributed by atoms with Crippen LogP contribution in [0.1, 0.15) is 132 Å². The lowest BCUT2D eigenvalue weighted by molar-refractivity contribution is -0.276. The number of ether oxygens (including phenoxy) is 2. The second-order valence-electron chi connectivity index (χ2n) is 13.6. The van der Waals surface area contributed by atoms with Crippen molar-refractivity contribution in [3.05, 3.63) is 95.1 Å². The zero-order valence-electron chi connectivity index (χ0n) is 29.5. The van der Waals surface area contributed by atoms with E-state index in [0.29, 0.717) is 6.54 Å². The Hall–Kier alpha value is -2.54. The zero-order valence-corrected chi connectivity index (χ0v) is 29.5. The third kappa shape index (κ3) is 11.5. The quantitative estimate of drug-likeness (QED) is 0.113. The highest BCUT2D eigenvalue weighted by atomic mass is 16.7. The number of aliphatic hydroxyl groups excluding tert-OH is 1. The molecule has 1 heterocycles. The summed E-state index contributed by atoms with van der Waals surface area (Å²) in [7, 11) is 0. The van der Waals surface area contributed by atoms with Crippen LogP contribution >= 0.6 is 0 Å². The summed E-state index contributed by atoms with van der Waals surface area (Å²) in [5, 5.41) is 9.66. The summed E-state index contributed by atoms with van der Waals surface area (Å²) in [5.74, 6) is 0.179. The Balaban J connectivity index is 1.52. The molecule has 0 aliphatic carbocycles. The van der Waals surface area contributed by atoms with Crippen LogP contribution < -0.4 is 5.73 Å². The van der Waals surface area contributed by atoms with E-state index in [2.05, 4.69) is 80.3 Å². The molecule has 47 heavy (non-hydrogen) atoms. The number of aliphatic hydroxyl groups is 1. The highest BCUT2D eigenvalue weighted by molar-refractivity contribution is 5.67. The molecule has 1 aliphatic heterocycles. The zero-order chi connectivity index (χ0) is 33.3. The van der Waals surface area contributed by atoms with Gasteiger partial charge in [-0.05, 0) is 53.7 Å². The van der Waals surface area contributed by atoms with Gasteiger partial charge in [-0.1, -0.05) is 158 Å². The molecule has 0 radical (unpaired) electrons. The van der Waals surface area contributed by atoms with E-state index in [4.69, 9.17) is 15.2 Å². The Labute approximate surface area is 285 Å². The van der Waals surface area contributed by atoms with Crippen LogP contribution in [0.25, 0.3) is 11.1 Å². The first kappa shape index (κ1) is 37.3. The second-order valence-corrected chi connectivity index (χ2v) is 13.6. The first-order valence-corrected chi connectivity index (χ1v) is 18.7. The van der Waals surface area contributed by atoms with Crippen LogP contribution in [0.3, 0.4) is 0 Å². The van der Waals surface area contributed by atoms with E-state index in [1.807, 2.05) is 18.2 Å². The highest BCUT2D eigenvalue weighted by Gasteiger charge is 2.39. The third-order valence-corrected chi connectivity index (χ3v) is 9.95. The number of nitrogens with two attached hydrogens (primary N) is 1. The lowest BCUT2D eigenvalue weighted by atomic mass is 9.89. The van der Waals surface area contributed by atoms with Gasteiger partial charge in [0.25, 0.3) is 0 Å². The summed E-state index contributed by atoms with van der Waals surface area (Å²) in [6, 6.07) is 25.2. The molecule has 0 unspecified atom stereocenters. The fraction of sp³-hybridized carbons (Fsp3) is 0.571. The van der Waals surface area contributed by atoms with Crippen molar-refractivity contribution in [3.8, 4) is 11.1 Å². The largest absolute Gasteiger partial charge is 0.392 e. The predicted molar refractivity (Wildman–Crippen MR) is 196 cm³/mol. The van der Waals surface area contributed by atoms with E-state index in [0.717, 1.165) is 47.5 Å². The average Bonchev–Trinajstić information content (AvgIpc) is 3.12. The molecule has 0 saturated carbocycles. The normalized spacial score (nSPS) is 19.8. The number of nitrogens with zero attached hydrogens (tertiary/aromatic N) is 1. The van der Waals surface area contributed by atoms with Gasteiger partial charge in [-0.2, -0.15) is 0 Å². The molecular formula is C42H62N2O3. The van der Waals surface area contributed by atoms with Crippen LogP contribution in [0.4, 0.5) is 0 Å². The minimum atomic E-state index is -0.456. The molecule has 1 fully saturated rings. The number of unbranched alkanes of at least 4 members (excludes halogenated alkanes) is 10. The molecule has 4 rings (SSSR count). The monoisotopic (exact) mass is 642 g/mol. The molecule has 3 aromatic carbocycles. The van der Waals surface area contributed by atoms with Crippen molar-refractivity contribution < 1.29 is 14.6 Å². The Bertz CT molecular complexity index is 1250. The van der Waals surface area contributed by atoms with Gasteiger partial charge in [0, 0.05) is 24.6 Å². The van der Waals surface area contributed by atoms with Crippen LogP contribution in [0.15, 0.2) is 72.8 Å². The molecule has 1 saturated heterocycles. The summed E-state index contributed by atoms with van der Waals surface area (Å²) < 4.78 is 13.7. The molecule has 5 heteroatoms. The highest BCUT2D eigenvalue weighted by Crippen LogP contribution is 2.42. The van der Waals surface area contributed by atoms with Gasteiger partial charge in [0.05, 0.1) is 18.8 Å². The Kier molecular flexibility index (Phi) is 16.5. The molecule has 3 aromatic rings. The summed E-state index contributed by atoms with van der Waals surface area (Å²) >= 11 is 0. The molecular weight excluding hydrogens is 580 g/mol. The van der Waals surface area contributed by atoms with Gasteiger partial charge in [-0.25, -0.2) is 0 Å². The molecule has 0 amide bonds. The van der Waals surface area contributed by atoms with Gasteiger partial charge in [-0.3, -0.25) is 0 Å². The molecule has 0 bridgehead atoms. The van der Waals surface area contributed by atoms with Gasteiger partial charge in [-0.15, -0.1) is 0 Å². The molecule has 4 atom stereocenters. The Morgan fingerprint density at radius 2 is 1.26 bits per heavy atom. The molecule has 3 N–H and O–H groups in total. The minimum absolute atomic E-state index is 0.0362. The lowest BCUT2D eigenvalue weighted by Crippen LogP contribution is -2.45. The minimum Gasteiger partial charge on any atom is -0.392 e. The maximum atomic E-state index is 9.66. The molecule has 0 aromatic heterocycles. The Morgan fingerprint density at radius 3 is 1.85 bits per heavy atom. The molecule has 0 spiro atoms. The van der Waals surface area contributed by atoms with E-state index in [1.54, 1.807) is 0 Å². The van der Waals surface area contributed by atoms with E-state index in [-0.39, 0.29) is 24.7 Å². The molecule has 1 aliphatic rings. The van der Waals surface area contributed by atoms with Gasteiger partial charge in [0.2, 0.25) is 0 Å². The van der Waals surface area contributed by atoms with Gasteiger partial charge < -0.3 is 25.2 Å². The van der Waals surface area contributed by atoms with Gasteiger partial charge in [0.1, 0.15) is 0 Å². The van der Waals surface area contributed by atoms with E-state index in [1.165, 1.54) is 82.6 Å². The SMILES string of the molecule is CCCCCCCCN(CCCCCCCC)C[C@H]1O[C@@H](c2ccc(-c3ccccc3CN)cc2)O[C@@H](c2ccc(CO)cc2)[C@H]1C. The summed E-state index contributed by atoms with van der Waals surface area (Å²) in [6.07, 6.45) is 15.2. The van der Waals surface area contributed by atoms with E-state index < -0.39 is 6.29 Å². The van der Waals surface area contributed by atoms with Crippen molar-refractivity contribution in [2.45, 2.75) is 129 Å². The topological polar surface area (TPSA) is 68.0 Å². The number of hydrogen-bond acceptors (Lipinski definition) is 5. The first-order chi connectivity index (χ1) is 23.1. The van der Waals surface area contributed by atoms with E-state index in [9.17, 15) is 5.11 Å². The first-order valence-electron chi connectivity index (χ1n) is 18.7. The van der Waals surface area contributed by atoms with Crippen molar-refractivity contribution >= 4 is 0 Å². The average molecular weight is 643 g/mol. The van der Waals surface area contributed by atoms with Crippen LogP contribution in [-0.4, -0.2) is 35.7 Å². The number of hydrogen-bond donors (Lipinski definition) is 2. The van der Waals surface area contributed by atoms with Gasteiger partial charge in [0.15, 0.2) is 6.29 Å². The summed E-state index contributed by atoms with van der Waals surface area (Å²) in [6.45, 7) is 10.6. The second kappa shape index (κ2) is 20.7. The smallest absolute Gasteiger partial charge is 0.184 e. The van der Waals surface area contributed by atoms with Crippen molar-refractivity contribution in [3.63, 3.8) is 0 Å². The van der Waals surface area contributed by atoms with Crippen molar-refractivity contribution in [1.29, 1.82) is 0 Å². The van der Waals surface area contributed by atoms with Crippen LogP contribution in [0.2, 0.25) is 0 Å². The number of benzene rings is 3. The lowest BCUT2D eigenvalue weighted by Gasteiger charge is -2.43. The van der Waals surface area contributed by atoms with Crippen molar-refractivity contribution in [2.75, 3.05) is 19.6 Å². The van der Waals surface area contributed by atoms with Crippen molar-refractivity contribution in [1.82, 2.24) is 4.90 Å². The Morgan fingerprint density at radius 1 is 0.681 bits per heavy atom. The predicted octanol–water partition coefficient (Wildman–Crippen LogP) is 10.1. The van der Waals surface area contributed by atoms with Crippen molar-refractivity contribution in [2.24, 2.45) is 11.7 Å². The van der Waals surface area contributed by atoms with E-state index >= 15 is 0 Å². The van der Waals surface area contributed by atoms with Crippen LogP contribution in [0, 0.1) is 5.92 Å². The fourth-order valence-electron chi connectivity index (χ4n) is 6.91. The molecule has 258 valence electrons. The maximum absolute atomic E-state index is 9.66.